The highest BCUT2D eigenvalue weighted by Crippen LogP contribution is 2.26. The van der Waals surface area contributed by atoms with Crippen molar-refractivity contribution in [2.45, 2.75) is 0 Å². The molecule has 2 rings (SSSR count). The van der Waals surface area contributed by atoms with Gasteiger partial charge in [-0.2, -0.15) is 0 Å². The lowest BCUT2D eigenvalue weighted by Gasteiger charge is -2.14. The number of nitrogens with zero attached hydrogens (tertiary/aromatic N) is 1. The Kier molecular flexibility index (Phi) is 4.79. The van der Waals surface area contributed by atoms with E-state index in [1.807, 2.05) is 0 Å². The Labute approximate surface area is 131 Å². The summed E-state index contributed by atoms with van der Waals surface area (Å²) in [7, 11) is 1.26. The van der Waals surface area contributed by atoms with Crippen molar-refractivity contribution >= 4 is 35.1 Å². The lowest BCUT2D eigenvalue weighted by molar-refractivity contribution is -0.137. The van der Waals surface area contributed by atoms with E-state index in [0.29, 0.717) is 5.69 Å². The van der Waals surface area contributed by atoms with Crippen LogP contribution in [0, 0.1) is 0 Å². The van der Waals surface area contributed by atoms with Gasteiger partial charge in [0.25, 0.3) is 11.8 Å². The number of benzene rings is 1. The summed E-state index contributed by atoms with van der Waals surface area (Å²) in [6.07, 6.45) is 1.13. The molecule has 8 heteroatoms. The molecule has 1 aromatic carbocycles. The van der Waals surface area contributed by atoms with Crippen LogP contribution in [0.1, 0.15) is 10.4 Å². The molecular weight excluding hydrogens is 312 g/mol. The summed E-state index contributed by atoms with van der Waals surface area (Å²) in [5.41, 5.74) is 0.682. The fraction of sp³-hybridized carbons (Fsp3) is 0.214. The highest BCUT2D eigenvalue weighted by atomic mass is 35.5. The van der Waals surface area contributed by atoms with E-state index in [1.165, 1.54) is 25.3 Å². The number of nitrogens with one attached hydrogen (secondary N) is 1. The molecule has 0 unspecified atom stereocenters. The number of hydrogen-bond acceptors (Lipinski definition) is 6. The number of rotatable bonds is 5. The Morgan fingerprint density at radius 3 is 2.73 bits per heavy atom. The number of halogens is 1. The zero-order valence-corrected chi connectivity index (χ0v) is 12.4. The molecule has 22 heavy (non-hydrogen) atoms. The van der Waals surface area contributed by atoms with Gasteiger partial charge in [0.2, 0.25) is 0 Å². The van der Waals surface area contributed by atoms with Gasteiger partial charge in [0.15, 0.2) is 0 Å². The van der Waals surface area contributed by atoms with Gasteiger partial charge in [-0.05, 0) is 18.2 Å². The van der Waals surface area contributed by atoms with Crippen LogP contribution in [-0.2, 0) is 14.3 Å². The van der Waals surface area contributed by atoms with E-state index in [9.17, 15) is 14.4 Å². The summed E-state index contributed by atoms with van der Waals surface area (Å²) in [5.74, 6) is -1.59. The van der Waals surface area contributed by atoms with Crippen LogP contribution in [0.25, 0.3) is 0 Å². The molecule has 0 aliphatic carbocycles. The quantitative estimate of drug-likeness (QED) is 0.614. The molecule has 7 nitrogen and oxygen atoms in total. The van der Waals surface area contributed by atoms with Crippen molar-refractivity contribution in [3.8, 4) is 0 Å². The average Bonchev–Trinajstić information content (AvgIpc) is 2.76. The number of esters is 1. The maximum absolute atomic E-state index is 12.0. The number of aliphatic hydroxyl groups excluding tert-OH is 1. The fourth-order valence-corrected chi connectivity index (χ4v) is 2.14. The Bertz CT molecular complexity index is 671. The van der Waals surface area contributed by atoms with Gasteiger partial charge >= 0.3 is 5.97 Å². The first kappa shape index (κ1) is 16.0. The zero-order valence-electron chi connectivity index (χ0n) is 11.6. The van der Waals surface area contributed by atoms with Gasteiger partial charge < -0.3 is 15.2 Å². The van der Waals surface area contributed by atoms with Crippen LogP contribution >= 0.6 is 11.6 Å². The number of ether oxygens (including phenoxy) is 1. The van der Waals surface area contributed by atoms with Crippen LogP contribution in [0.15, 0.2) is 30.0 Å². The standard InChI is InChI=1S/C14H13ClN2O5/c1-22-14(21)8-2-3-10(9(15)6-8)16-11-7-12(19)17(4-5-18)13(11)20/h2-3,6-7,16,18H,4-5H2,1H3. The van der Waals surface area contributed by atoms with E-state index in [4.69, 9.17) is 16.7 Å². The Morgan fingerprint density at radius 2 is 2.14 bits per heavy atom. The first-order valence-corrected chi connectivity index (χ1v) is 6.69. The molecule has 0 atom stereocenters. The molecular formula is C14H13ClN2O5. The van der Waals surface area contributed by atoms with Gasteiger partial charge in [-0.15, -0.1) is 0 Å². The van der Waals surface area contributed by atoms with Crippen molar-refractivity contribution < 1.29 is 24.2 Å². The monoisotopic (exact) mass is 324 g/mol. The number of hydrogen-bond donors (Lipinski definition) is 2. The number of aliphatic hydroxyl groups is 1. The van der Waals surface area contributed by atoms with Crippen molar-refractivity contribution in [2.75, 3.05) is 25.6 Å². The molecule has 0 saturated carbocycles. The Hall–Kier alpha value is -2.38. The largest absolute Gasteiger partial charge is 0.465 e. The molecule has 2 amide bonds. The summed E-state index contributed by atoms with van der Waals surface area (Å²) in [4.78, 5) is 35.9. The van der Waals surface area contributed by atoms with Gasteiger partial charge in [-0.3, -0.25) is 14.5 Å². The van der Waals surface area contributed by atoms with Crippen LogP contribution in [0.2, 0.25) is 5.02 Å². The molecule has 0 fully saturated rings. The second kappa shape index (κ2) is 6.59. The molecule has 0 aromatic heterocycles. The second-order valence-electron chi connectivity index (χ2n) is 4.39. The number of β-amino-alcohol motifs (C(OH)–C–C–N with tert-alkyl or cyclic N) is 1. The normalized spacial score (nSPS) is 14.1. The van der Waals surface area contributed by atoms with Gasteiger partial charge in [0.05, 0.1) is 36.5 Å². The maximum atomic E-state index is 12.0. The van der Waals surface area contributed by atoms with Crippen molar-refractivity contribution in [3.05, 3.63) is 40.6 Å². The number of anilines is 1. The highest BCUT2D eigenvalue weighted by molar-refractivity contribution is 6.34. The molecule has 0 bridgehead atoms. The lowest BCUT2D eigenvalue weighted by Crippen LogP contribution is -2.34. The smallest absolute Gasteiger partial charge is 0.337 e. The van der Waals surface area contributed by atoms with E-state index in [2.05, 4.69) is 10.1 Å². The average molecular weight is 325 g/mol. The first-order chi connectivity index (χ1) is 10.5. The van der Waals surface area contributed by atoms with Crippen LogP contribution in [-0.4, -0.2) is 48.1 Å². The van der Waals surface area contributed by atoms with Crippen molar-refractivity contribution in [1.29, 1.82) is 0 Å². The molecule has 2 N–H and O–H groups in total. The van der Waals surface area contributed by atoms with E-state index >= 15 is 0 Å². The lowest BCUT2D eigenvalue weighted by atomic mass is 10.2. The van der Waals surface area contributed by atoms with Gasteiger partial charge in [0.1, 0.15) is 5.70 Å². The zero-order chi connectivity index (χ0) is 16.3. The number of amides is 2. The van der Waals surface area contributed by atoms with Crippen molar-refractivity contribution in [1.82, 2.24) is 4.90 Å². The predicted molar refractivity (Wildman–Crippen MR) is 78.3 cm³/mol. The first-order valence-electron chi connectivity index (χ1n) is 6.31. The van der Waals surface area contributed by atoms with Crippen LogP contribution < -0.4 is 5.32 Å². The molecule has 116 valence electrons. The van der Waals surface area contributed by atoms with E-state index < -0.39 is 17.8 Å². The third kappa shape index (κ3) is 3.10. The van der Waals surface area contributed by atoms with Gasteiger partial charge in [0, 0.05) is 6.08 Å². The van der Waals surface area contributed by atoms with E-state index in [-0.39, 0.29) is 29.4 Å². The van der Waals surface area contributed by atoms with Crippen LogP contribution in [0.3, 0.4) is 0 Å². The van der Waals surface area contributed by atoms with Crippen LogP contribution in [0.4, 0.5) is 5.69 Å². The summed E-state index contributed by atoms with van der Waals surface area (Å²) < 4.78 is 4.58. The topological polar surface area (TPSA) is 95.9 Å². The molecule has 0 saturated heterocycles. The number of carbonyl (C=O) groups is 3. The number of methoxy groups -OCH3 is 1. The molecule has 0 radical (unpaired) electrons. The summed E-state index contributed by atoms with van der Waals surface area (Å²) in [6.45, 7) is -0.387. The maximum Gasteiger partial charge on any atom is 0.337 e. The van der Waals surface area contributed by atoms with E-state index in [0.717, 1.165) is 11.0 Å². The third-order valence-electron chi connectivity index (χ3n) is 2.99. The highest BCUT2D eigenvalue weighted by Gasteiger charge is 2.30. The van der Waals surface area contributed by atoms with Crippen LogP contribution in [0.5, 0.6) is 0 Å². The van der Waals surface area contributed by atoms with Crippen molar-refractivity contribution in [2.24, 2.45) is 0 Å². The van der Waals surface area contributed by atoms with Crippen molar-refractivity contribution in [3.63, 3.8) is 0 Å². The molecule has 1 aliphatic rings. The summed E-state index contributed by atoms with van der Waals surface area (Å²) in [5, 5.41) is 11.8. The number of carbonyl (C=O) groups excluding carboxylic acids is 3. The Morgan fingerprint density at radius 1 is 1.41 bits per heavy atom. The second-order valence-corrected chi connectivity index (χ2v) is 4.80. The molecule has 1 aromatic rings. The minimum Gasteiger partial charge on any atom is -0.465 e. The summed E-state index contributed by atoms with van der Waals surface area (Å²) >= 11 is 6.04. The number of imide groups is 1. The molecule has 1 heterocycles. The van der Waals surface area contributed by atoms with E-state index in [1.54, 1.807) is 0 Å². The minimum atomic E-state index is -0.549. The van der Waals surface area contributed by atoms with Gasteiger partial charge in [-0.25, -0.2) is 4.79 Å². The molecule has 0 spiro atoms. The minimum absolute atomic E-state index is 0.0474. The predicted octanol–water partition coefficient (Wildman–Crippen LogP) is 0.783. The SMILES string of the molecule is COC(=O)c1ccc(NC2=CC(=O)N(CCO)C2=O)c(Cl)c1. The summed E-state index contributed by atoms with van der Waals surface area (Å²) in [6, 6.07) is 4.37. The third-order valence-corrected chi connectivity index (χ3v) is 3.31. The Balaban J connectivity index is 2.18. The van der Waals surface area contributed by atoms with Gasteiger partial charge in [-0.1, -0.05) is 11.6 Å². The fourth-order valence-electron chi connectivity index (χ4n) is 1.92. The molecule has 1 aliphatic heterocycles.